The molecule has 0 aliphatic carbocycles. The van der Waals surface area contributed by atoms with Crippen molar-refractivity contribution >= 4 is 34.8 Å². The summed E-state index contributed by atoms with van der Waals surface area (Å²) in [6.45, 7) is 0. The van der Waals surface area contributed by atoms with Crippen molar-refractivity contribution in [2.24, 2.45) is 0 Å². The zero-order valence-electron chi connectivity index (χ0n) is 2.24. The molecule has 0 fully saturated rings. The van der Waals surface area contributed by atoms with Gasteiger partial charge in [0.1, 0.15) is 0 Å². The van der Waals surface area contributed by atoms with Gasteiger partial charge in [0, 0.05) is 26.2 Å². The monoisotopic (exact) mass is 291 g/mol. The fraction of sp³-hybridized carbons (Fsp3) is 0. The minimum Gasteiger partial charge on any atom is -0.328 e. The van der Waals surface area contributed by atoms with E-state index < -0.39 is 8.60 Å². The van der Waals surface area contributed by atoms with E-state index in [0.29, 0.717) is 0 Å². The molecular formula is H3BiO3P. The number of hydrogen-bond acceptors (Lipinski definition) is 3. The molecule has 0 atom stereocenters. The molecule has 0 aliphatic heterocycles. The first-order valence-corrected chi connectivity index (χ1v) is 1.80. The second kappa shape index (κ2) is 5.19. The van der Waals surface area contributed by atoms with Gasteiger partial charge in [-0.3, -0.25) is 0 Å². The molecule has 5 heavy (non-hydrogen) atoms. The minimum atomic E-state index is -2.62. The van der Waals surface area contributed by atoms with Crippen LogP contribution >= 0.6 is 8.60 Å². The van der Waals surface area contributed by atoms with Crippen LogP contribution in [0.1, 0.15) is 0 Å². The van der Waals surface area contributed by atoms with E-state index in [1.165, 1.54) is 0 Å². The summed E-state index contributed by atoms with van der Waals surface area (Å²) < 4.78 is 0. The molecule has 3 N–H and O–H groups in total. The molecular weight excluding hydrogens is 288 g/mol. The molecule has 0 aromatic rings. The van der Waals surface area contributed by atoms with Gasteiger partial charge < -0.3 is 14.7 Å². The summed E-state index contributed by atoms with van der Waals surface area (Å²) in [5.74, 6) is 0. The van der Waals surface area contributed by atoms with Crippen LogP contribution in [0.5, 0.6) is 0 Å². The van der Waals surface area contributed by atoms with Crippen molar-refractivity contribution in [2.45, 2.75) is 0 Å². The van der Waals surface area contributed by atoms with E-state index in [4.69, 9.17) is 14.7 Å². The molecule has 3 radical (unpaired) electrons. The Morgan fingerprint density at radius 1 is 1.00 bits per heavy atom. The van der Waals surface area contributed by atoms with Crippen LogP contribution in [0.15, 0.2) is 0 Å². The van der Waals surface area contributed by atoms with E-state index in [9.17, 15) is 0 Å². The van der Waals surface area contributed by atoms with Crippen molar-refractivity contribution in [1.29, 1.82) is 0 Å². The van der Waals surface area contributed by atoms with E-state index in [1.807, 2.05) is 0 Å². The van der Waals surface area contributed by atoms with Crippen LogP contribution in [0.4, 0.5) is 0 Å². The van der Waals surface area contributed by atoms with Crippen molar-refractivity contribution in [3.05, 3.63) is 0 Å². The maximum Gasteiger partial charge on any atom is 0.324 e. The summed E-state index contributed by atoms with van der Waals surface area (Å²) in [5, 5.41) is 0. The fourth-order valence-electron chi connectivity index (χ4n) is 0. The molecule has 3 nitrogen and oxygen atoms in total. The van der Waals surface area contributed by atoms with Crippen LogP contribution in [-0.4, -0.2) is 40.9 Å². The topological polar surface area (TPSA) is 60.7 Å². The maximum atomic E-state index is 7.23. The molecule has 0 spiro atoms. The van der Waals surface area contributed by atoms with Gasteiger partial charge in [-0.05, 0) is 0 Å². The van der Waals surface area contributed by atoms with E-state index in [-0.39, 0.29) is 26.2 Å². The average Bonchev–Trinajstić information content (AvgIpc) is 0.811. The van der Waals surface area contributed by atoms with Gasteiger partial charge >= 0.3 is 8.60 Å². The molecule has 0 rings (SSSR count). The smallest absolute Gasteiger partial charge is 0.324 e. The Labute approximate surface area is 49.8 Å². The third kappa shape index (κ3) is 37.2. The zero-order chi connectivity index (χ0) is 3.58. The average molecular weight is 291 g/mol. The van der Waals surface area contributed by atoms with E-state index in [0.717, 1.165) is 0 Å². The first-order chi connectivity index (χ1) is 1.73. The van der Waals surface area contributed by atoms with Gasteiger partial charge in [0.05, 0.1) is 0 Å². The van der Waals surface area contributed by atoms with E-state index >= 15 is 0 Å². The summed E-state index contributed by atoms with van der Waals surface area (Å²) in [6.07, 6.45) is 0. The number of hydrogen-bond donors (Lipinski definition) is 3. The third-order valence-corrected chi connectivity index (χ3v) is 0. The summed E-state index contributed by atoms with van der Waals surface area (Å²) >= 11 is 0. The van der Waals surface area contributed by atoms with E-state index in [1.54, 1.807) is 0 Å². The van der Waals surface area contributed by atoms with Crippen molar-refractivity contribution in [3.8, 4) is 0 Å². The van der Waals surface area contributed by atoms with Crippen LogP contribution in [0, 0.1) is 0 Å². The van der Waals surface area contributed by atoms with Gasteiger partial charge in [-0.25, -0.2) is 0 Å². The fourth-order valence-corrected chi connectivity index (χ4v) is 0. The van der Waals surface area contributed by atoms with Crippen molar-refractivity contribution in [3.63, 3.8) is 0 Å². The maximum absolute atomic E-state index is 7.23. The summed E-state index contributed by atoms with van der Waals surface area (Å²) in [6, 6.07) is 0. The SMILES string of the molecule is OP(O)O.[Bi]. The first kappa shape index (κ1) is 9.50. The molecule has 0 heterocycles. The summed E-state index contributed by atoms with van der Waals surface area (Å²) in [5.41, 5.74) is 0. The molecule has 0 aromatic heterocycles. The molecule has 31 valence electrons. The third-order valence-electron chi connectivity index (χ3n) is 0. The Kier molecular flexibility index (Phi) is 9.87. The van der Waals surface area contributed by atoms with Gasteiger partial charge in [0.2, 0.25) is 0 Å². The van der Waals surface area contributed by atoms with Gasteiger partial charge in [0.15, 0.2) is 0 Å². The Morgan fingerprint density at radius 3 is 1.00 bits per heavy atom. The predicted octanol–water partition coefficient (Wildman–Crippen LogP) is -1.19. The molecule has 0 bridgehead atoms. The van der Waals surface area contributed by atoms with Crippen LogP contribution in [0.2, 0.25) is 0 Å². The van der Waals surface area contributed by atoms with Gasteiger partial charge in [-0.2, -0.15) is 0 Å². The van der Waals surface area contributed by atoms with Crippen molar-refractivity contribution < 1.29 is 14.7 Å². The molecule has 5 heteroatoms. The largest absolute Gasteiger partial charge is 0.328 e. The quantitative estimate of drug-likeness (QED) is 0.388. The molecule has 0 amide bonds. The summed E-state index contributed by atoms with van der Waals surface area (Å²) in [7, 11) is -2.62. The van der Waals surface area contributed by atoms with Gasteiger partial charge in [-0.1, -0.05) is 0 Å². The van der Waals surface area contributed by atoms with Gasteiger partial charge in [-0.15, -0.1) is 0 Å². The Morgan fingerprint density at radius 2 is 1.00 bits per heavy atom. The zero-order valence-corrected chi connectivity index (χ0v) is 6.61. The second-order valence-electron chi connectivity index (χ2n) is 0.268. The first-order valence-electron chi connectivity index (χ1n) is 0.600. The minimum absolute atomic E-state index is 0. The molecule has 0 saturated heterocycles. The predicted molar refractivity (Wildman–Crippen MR) is 19.3 cm³/mol. The Balaban J connectivity index is 0. The molecule has 0 unspecified atom stereocenters. The van der Waals surface area contributed by atoms with Crippen LogP contribution in [0.25, 0.3) is 0 Å². The van der Waals surface area contributed by atoms with Crippen LogP contribution in [-0.2, 0) is 0 Å². The Bertz CT molecular complexity index is 11.6. The van der Waals surface area contributed by atoms with Crippen molar-refractivity contribution in [2.75, 3.05) is 0 Å². The molecule has 0 aliphatic rings. The Hall–Kier alpha value is 1.19. The molecule has 0 aromatic carbocycles. The summed E-state index contributed by atoms with van der Waals surface area (Å²) in [4.78, 5) is 21.7. The second-order valence-corrected chi connectivity index (χ2v) is 0.805. The van der Waals surface area contributed by atoms with Crippen molar-refractivity contribution in [1.82, 2.24) is 0 Å². The number of rotatable bonds is 0. The standard InChI is InChI=1S/Bi.H3O3P/c;1-4(2)3/h;1-3H. The van der Waals surface area contributed by atoms with Gasteiger partial charge in [0.25, 0.3) is 0 Å². The van der Waals surface area contributed by atoms with Crippen LogP contribution in [0.3, 0.4) is 0 Å². The molecule has 0 saturated carbocycles. The van der Waals surface area contributed by atoms with E-state index in [2.05, 4.69) is 0 Å². The normalized spacial score (nSPS) is 7.20. The van der Waals surface area contributed by atoms with Crippen LogP contribution < -0.4 is 0 Å².